The maximum Gasteiger partial charge on any atom is 0.251 e. The highest BCUT2D eigenvalue weighted by atomic mass is 16.5. The lowest BCUT2D eigenvalue weighted by Gasteiger charge is -2.07. The van der Waals surface area contributed by atoms with Gasteiger partial charge in [0, 0.05) is 5.56 Å². The van der Waals surface area contributed by atoms with Crippen LogP contribution in [0.4, 0.5) is 0 Å². The standard InChI is InChI=1S/C13H15N3O3/c1-19-11-5-4-10(7-9(11)3-2-6-14)13(18)16-8-12(15)17/h4-5,7H,6,8,14H2,1H3,(H2,15,17)(H,16,18). The molecule has 0 bridgehead atoms. The number of nitrogens with one attached hydrogen (secondary N) is 1. The average molecular weight is 261 g/mol. The van der Waals surface area contributed by atoms with Crippen LogP contribution in [-0.2, 0) is 4.79 Å². The number of rotatable bonds is 4. The van der Waals surface area contributed by atoms with Gasteiger partial charge < -0.3 is 21.5 Å². The van der Waals surface area contributed by atoms with E-state index in [2.05, 4.69) is 17.2 Å². The van der Waals surface area contributed by atoms with E-state index in [-0.39, 0.29) is 13.1 Å². The van der Waals surface area contributed by atoms with Crippen LogP contribution in [0.15, 0.2) is 18.2 Å². The van der Waals surface area contributed by atoms with E-state index in [4.69, 9.17) is 16.2 Å². The van der Waals surface area contributed by atoms with Crippen molar-refractivity contribution in [3.63, 3.8) is 0 Å². The number of carbonyl (C=O) groups excluding carboxylic acids is 2. The molecule has 0 fully saturated rings. The van der Waals surface area contributed by atoms with Crippen molar-refractivity contribution in [1.82, 2.24) is 5.32 Å². The fourth-order valence-electron chi connectivity index (χ4n) is 1.36. The molecule has 5 N–H and O–H groups in total. The lowest BCUT2D eigenvalue weighted by atomic mass is 10.1. The molecule has 0 spiro atoms. The molecule has 0 saturated heterocycles. The van der Waals surface area contributed by atoms with Crippen LogP contribution >= 0.6 is 0 Å². The molecule has 0 saturated carbocycles. The Bertz CT molecular complexity index is 544. The molecule has 0 unspecified atom stereocenters. The first kappa shape index (κ1) is 14.5. The SMILES string of the molecule is COc1ccc(C(=O)NCC(N)=O)cc1C#CCN. The summed E-state index contributed by atoms with van der Waals surface area (Å²) in [7, 11) is 1.51. The largest absolute Gasteiger partial charge is 0.495 e. The molecule has 0 heterocycles. The van der Waals surface area contributed by atoms with Crippen LogP contribution in [-0.4, -0.2) is 32.0 Å². The number of amides is 2. The normalized spacial score (nSPS) is 9.16. The second-order valence-electron chi connectivity index (χ2n) is 3.57. The van der Waals surface area contributed by atoms with Crippen LogP contribution in [0, 0.1) is 11.8 Å². The highest BCUT2D eigenvalue weighted by molar-refractivity contribution is 5.96. The molecule has 6 nitrogen and oxygen atoms in total. The van der Waals surface area contributed by atoms with Gasteiger partial charge in [-0.2, -0.15) is 0 Å². The minimum Gasteiger partial charge on any atom is -0.495 e. The molecule has 0 aromatic heterocycles. The van der Waals surface area contributed by atoms with Gasteiger partial charge >= 0.3 is 0 Å². The molecule has 100 valence electrons. The Morgan fingerprint density at radius 2 is 2.16 bits per heavy atom. The number of nitrogens with two attached hydrogens (primary N) is 2. The summed E-state index contributed by atoms with van der Waals surface area (Å²) in [6.45, 7) is -0.00404. The Morgan fingerprint density at radius 3 is 2.74 bits per heavy atom. The van der Waals surface area contributed by atoms with Gasteiger partial charge in [-0.25, -0.2) is 0 Å². The van der Waals surface area contributed by atoms with E-state index in [9.17, 15) is 9.59 Å². The number of methoxy groups -OCH3 is 1. The molecule has 0 radical (unpaired) electrons. The van der Waals surface area contributed by atoms with Crippen LogP contribution < -0.4 is 21.5 Å². The van der Waals surface area contributed by atoms with Crippen molar-refractivity contribution in [2.24, 2.45) is 11.5 Å². The highest BCUT2D eigenvalue weighted by Gasteiger charge is 2.09. The predicted molar refractivity (Wildman–Crippen MR) is 70.5 cm³/mol. The summed E-state index contributed by atoms with van der Waals surface area (Å²) >= 11 is 0. The Morgan fingerprint density at radius 1 is 1.42 bits per heavy atom. The van der Waals surface area contributed by atoms with Gasteiger partial charge in [0.05, 0.1) is 25.8 Å². The Balaban J connectivity index is 2.97. The van der Waals surface area contributed by atoms with Crippen molar-refractivity contribution in [2.45, 2.75) is 0 Å². The second kappa shape index (κ2) is 7.03. The van der Waals surface area contributed by atoms with Gasteiger partial charge in [-0.15, -0.1) is 0 Å². The van der Waals surface area contributed by atoms with Crippen molar-refractivity contribution >= 4 is 11.8 Å². The predicted octanol–water partition coefficient (Wildman–Crippen LogP) is -0.779. The minimum atomic E-state index is -0.606. The third kappa shape index (κ3) is 4.33. The maximum absolute atomic E-state index is 11.7. The number of primary amides is 1. The first-order valence-electron chi connectivity index (χ1n) is 5.52. The number of hydrogen-bond acceptors (Lipinski definition) is 4. The molecule has 0 atom stereocenters. The smallest absolute Gasteiger partial charge is 0.251 e. The molecule has 1 aromatic rings. The molecule has 19 heavy (non-hydrogen) atoms. The summed E-state index contributed by atoms with van der Waals surface area (Å²) in [5.74, 6) is 5.04. The zero-order valence-electron chi connectivity index (χ0n) is 10.5. The monoisotopic (exact) mass is 261 g/mol. The Kier molecular flexibility index (Phi) is 5.38. The molecular formula is C13H15N3O3. The molecule has 0 aliphatic carbocycles. The Labute approximate surface area is 111 Å². The van der Waals surface area contributed by atoms with Crippen LogP contribution in [0.2, 0.25) is 0 Å². The molecular weight excluding hydrogens is 246 g/mol. The van der Waals surface area contributed by atoms with E-state index in [0.29, 0.717) is 16.9 Å². The van der Waals surface area contributed by atoms with Gasteiger partial charge in [-0.3, -0.25) is 9.59 Å². The van der Waals surface area contributed by atoms with E-state index in [1.54, 1.807) is 18.2 Å². The van der Waals surface area contributed by atoms with Gasteiger partial charge in [0.1, 0.15) is 5.75 Å². The topological polar surface area (TPSA) is 107 Å². The van der Waals surface area contributed by atoms with E-state index in [0.717, 1.165) is 0 Å². The van der Waals surface area contributed by atoms with Crippen molar-refractivity contribution < 1.29 is 14.3 Å². The summed E-state index contributed by atoms with van der Waals surface area (Å²) in [4.78, 5) is 22.3. The maximum atomic E-state index is 11.7. The third-order valence-electron chi connectivity index (χ3n) is 2.21. The van der Waals surface area contributed by atoms with Crippen LogP contribution in [0.3, 0.4) is 0 Å². The van der Waals surface area contributed by atoms with Crippen molar-refractivity contribution in [3.8, 4) is 17.6 Å². The summed E-state index contributed by atoms with van der Waals surface area (Å²) in [5.41, 5.74) is 11.2. The number of ether oxygens (including phenoxy) is 1. The number of benzene rings is 1. The first-order chi connectivity index (χ1) is 9.08. The van der Waals surface area contributed by atoms with Gasteiger partial charge in [0.25, 0.3) is 5.91 Å². The van der Waals surface area contributed by atoms with E-state index >= 15 is 0 Å². The van der Waals surface area contributed by atoms with E-state index in [1.165, 1.54) is 7.11 Å². The molecule has 6 heteroatoms. The zero-order chi connectivity index (χ0) is 14.3. The average Bonchev–Trinajstić information content (AvgIpc) is 2.42. The fraction of sp³-hybridized carbons (Fsp3) is 0.231. The summed E-state index contributed by atoms with van der Waals surface area (Å²) < 4.78 is 5.13. The van der Waals surface area contributed by atoms with E-state index in [1.807, 2.05) is 0 Å². The first-order valence-corrected chi connectivity index (χ1v) is 5.52. The molecule has 0 aliphatic rings. The second-order valence-corrected chi connectivity index (χ2v) is 3.57. The molecule has 0 aliphatic heterocycles. The lowest BCUT2D eigenvalue weighted by molar-refractivity contribution is -0.117. The van der Waals surface area contributed by atoms with Gasteiger partial charge in [0.2, 0.25) is 5.91 Å². The van der Waals surface area contributed by atoms with E-state index < -0.39 is 11.8 Å². The van der Waals surface area contributed by atoms with Gasteiger partial charge in [-0.05, 0) is 18.2 Å². The van der Waals surface area contributed by atoms with Crippen LogP contribution in [0.1, 0.15) is 15.9 Å². The molecule has 2 amide bonds. The highest BCUT2D eigenvalue weighted by Crippen LogP contribution is 2.18. The van der Waals surface area contributed by atoms with Crippen molar-refractivity contribution in [3.05, 3.63) is 29.3 Å². The fourth-order valence-corrected chi connectivity index (χ4v) is 1.36. The van der Waals surface area contributed by atoms with Gasteiger partial charge in [-0.1, -0.05) is 11.8 Å². The van der Waals surface area contributed by atoms with Crippen LogP contribution in [0.25, 0.3) is 0 Å². The van der Waals surface area contributed by atoms with Crippen molar-refractivity contribution in [2.75, 3.05) is 20.2 Å². The lowest BCUT2D eigenvalue weighted by Crippen LogP contribution is -2.33. The quantitative estimate of drug-likeness (QED) is 0.618. The summed E-state index contributed by atoms with van der Waals surface area (Å²) in [6.07, 6.45) is 0. The summed E-state index contributed by atoms with van der Waals surface area (Å²) in [5, 5.41) is 2.39. The zero-order valence-corrected chi connectivity index (χ0v) is 10.5. The Hall–Kier alpha value is -2.52. The third-order valence-corrected chi connectivity index (χ3v) is 2.21. The molecule has 1 rings (SSSR count). The van der Waals surface area contributed by atoms with Gasteiger partial charge in [0.15, 0.2) is 0 Å². The van der Waals surface area contributed by atoms with Crippen molar-refractivity contribution in [1.29, 1.82) is 0 Å². The molecule has 1 aromatic carbocycles. The van der Waals surface area contributed by atoms with Crippen LogP contribution in [0.5, 0.6) is 5.75 Å². The number of hydrogen-bond donors (Lipinski definition) is 3. The minimum absolute atomic E-state index is 0.210. The number of carbonyl (C=O) groups is 2. The summed E-state index contributed by atoms with van der Waals surface area (Å²) in [6, 6.07) is 4.76.